The Morgan fingerprint density at radius 2 is 1.64 bits per heavy atom. The van der Waals surface area contributed by atoms with Crippen molar-refractivity contribution in [1.82, 2.24) is 5.32 Å². The minimum atomic E-state index is -1.07. The molecule has 0 atom stereocenters. The molecule has 3 nitrogen and oxygen atoms in total. The molecule has 1 amide bonds. The van der Waals surface area contributed by atoms with E-state index in [-0.39, 0.29) is 17.9 Å². The number of halogens is 2. The number of ketones is 1. The van der Waals surface area contributed by atoms with Crippen LogP contribution in [-0.2, 0) is 6.54 Å². The molecule has 0 radical (unpaired) electrons. The van der Waals surface area contributed by atoms with E-state index < -0.39 is 17.5 Å². The van der Waals surface area contributed by atoms with Crippen LogP contribution in [0.5, 0.6) is 0 Å². The third kappa shape index (κ3) is 3.97. The summed E-state index contributed by atoms with van der Waals surface area (Å²) in [5.74, 6) is -2.66. The Bertz CT molecular complexity index is 922. The van der Waals surface area contributed by atoms with Gasteiger partial charge in [-0.25, -0.2) is 8.78 Å². The molecule has 0 bridgehead atoms. The van der Waals surface area contributed by atoms with Crippen LogP contribution in [0.4, 0.5) is 8.78 Å². The highest BCUT2D eigenvalue weighted by atomic mass is 32.1. The predicted octanol–water partition coefficient (Wildman–Crippen LogP) is 4.19. The van der Waals surface area contributed by atoms with Gasteiger partial charge < -0.3 is 5.32 Å². The summed E-state index contributed by atoms with van der Waals surface area (Å²) in [6, 6.07) is 15.4. The second-order valence-corrected chi connectivity index (χ2v) is 6.44. The van der Waals surface area contributed by atoms with E-state index in [1.54, 1.807) is 36.4 Å². The van der Waals surface area contributed by atoms with Crippen LogP contribution >= 0.6 is 11.3 Å². The van der Waals surface area contributed by atoms with Gasteiger partial charge in [-0.15, -0.1) is 11.3 Å². The second kappa shape index (κ2) is 7.36. The van der Waals surface area contributed by atoms with Crippen molar-refractivity contribution in [2.45, 2.75) is 6.54 Å². The van der Waals surface area contributed by atoms with Gasteiger partial charge in [0.25, 0.3) is 5.91 Å². The lowest BCUT2D eigenvalue weighted by molar-refractivity contribution is 0.0950. The molecule has 1 heterocycles. The Hall–Kier alpha value is -2.86. The van der Waals surface area contributed by atoms with Gasteiger partial charge in [0.1, 0.15) is 0 Å². The first-order chi connectivity index (χ1) is 12.0. The molecule has 0 saturated heterocycles. The van der Waals surface area contributed by atoms with Crippen LogP contribution in [0.3, 0.4) is 0 Å². The molecular formula is C19H13F2NO2S. The minimum Gasteiger partial charge on any atom is -0.347 e. The number of nitrogens with one attached hydrogen (secondary N) is 1. The van der Waals surface area contributed by atoms with Crippen molar-refractivity contribution in [3.8, 4) is 0 Å². The van der Waals surface area contributed by atoms with Crippen LogP contribution in [0.1, 0.15) is 30.5 Å². The fraction of sp³-hybridized carbons (Fsp3) is 0.0526. The van der Waals surface area contributed by atoms with E-state index in [4.69, 9.17) is 0 Å². The molecule has 0 aliphatic rings. The molecule has 0 spiro atoms. The molecule has 3 aromatic rings. The summed E-state index contributed by atoms with van der Waals surface area (Å²) < 4.78 is 26.1. The highest BCUT2D eigenvalue weighted by Gasteiger charge is 2.13. The van der Waals surface area contributed by atoms with Crippen LogP contribution in [0.15, 0.2) is 60.7 Å². The second-order valence-electron chi connectivity index (χ2n) is 5.27. The van der Waals surface area contributed by atoms with E-state index in [0.29, 0.717) is 10.4 Å². The topological polar surface area (TPSA) is 46.2 Å². The lowest BCUT2D eigenvalue weighted by Gasteiger charge is -2.04. The summed E-state index contributed by atoms with van der Waals surface area (Å²) in [4.78, 5) is 25.7. The zero-order chi connectivity index (χ0) is 17.8. The first-order valence-electron chi connectivity index (χ1n) is 7.46. The van der Waals surface area contributed by atoms with E-state index in [9.17, 15) is 18.4 Å². The monoisotopic (exact) mass is 357 g/mol. The minimum absolute atomic E-state index is 0.0380. The summed E-state index contributed by atoms with van der Waals surface area (Å²) in [5.41, 5.74) is 0.637. The maximum Gasteiger partial charge on any atom is 0.251 e. The van der Waals surface area contributed by atoms with Crippen LogP contribution in [0, 0.1) is 11.6 Å². The Kier molecular flexibility index (Phi) is 5.00. The van der Waals surface area contributed by atoms with Crippen LogP contribution < -0.4 is 5.32 Å². The van der Waals surface area contributed by atoms with E-state index in [1.165, 1.54) is 17.4 Å². The quantitative estimate of drug-likeness (QED) is 0.696. The number of hydrogen-bond donors (Lipinski definition) is 1. The number of thiophene rings is 1. The highest BCUT2D eigenvalue weighted by Crippen LogP contribution is 2.20. The lowest BCUT2D eigenvalue weighted by atomic mass is 10.1. The third-order valence-electron chi connectivity index (χ3n) is 3.53. The number of benzene rings is 2. The molecule has 126 valence electrons. The van der Waals surface area contributed by atoms with Gasteiger partial charge >= 0.3 is 0 Å². The molecule has 25 heavy (non-hydrogen) atoms. The number of carbonyl (C=O) groups excluding carboxylic acids is 2. The van der Waals surface area contributed by atoms with Gasteiger partial charge in [-0.05, 0) is 30.3 Å². The molecular weight excluding hydrogens is 344 g/mol. The summed E-state index contributed by atoms with van der Waals surface area (Å²) in [7, 11) is 0. The normalized spacial score (nSPS) is 10.5. The summed E-state index contributed by atoms with van der Waals surface area (Å²) in [6.45, 7) is 0.199. The Labute approximate surface area is 146 Å². The smallest absolute Gasteiger partial charge is 0.251 e. The summed E-state index contributed by atoms with van der Waals surface area (Å²) in [6.07, 6.45) is 0. The van der Waals surface area contributed by atoms with E-state index >= 15 is 0 Å². The molecule has 0 aliphatic heterocycles. The van der Waals surface area contributed by atoms with Crippen molar-refractivity contribution in [2.75, 3.05) is 0 Å². The summed E-state index contributed by atoms with van der Waals surface area (Å²) in [5, 5.41) is 2.63. The van der Waals surface area contributed by atoms with Crippen molar-refractivity contribution in [1.29, 1.82) is 0 Å². The molecule has 0 aliphatic carbocycles. The van der Waals surface area contributed by atoms with E-state index in [0.717, 1.165) is 17.0 Å². The molecule has 2 aromatic carbocycles. The molecule has 0 saturated carbocycles. The van der Waals surface area contributed by atoms with Gasteiger partial charge in [0.2, 0.25) is 5.78 Å². The van der Waals surface area contributed by atoms with Gasteiger partial charge in [0, 0.05) is 16.0 Å². The number of hydrogen-bond acceptors (Lipinski definition) is 3. The largest absolute Gasteiger partial charge is 0.347 e. The van der Waals surface area contributed by atoms with Crippen LogP contribution in [0.2, 0.25) is 0 Å². The number of amides is 1. The first-order valence-corrected chi connectivity index (χ1v) is 8.28. The maximum atomic E-state index is 13.2. The van der Waals surface area contributed by atoms with Crippen molar-refractivity contribution in [2.24, 2.45) is 0 Å². The fourth-order valence-electron chi connectivity index (χ4n) is 2.23. The molecule has 1 N–H and O–H groups in total. The van der Waals surface area contributed by atoms with Gasteiger partial charge in [-0.2, -0.15) is 0 Å². The average Bonchev–Trinajstić information content (AvgIpc) is 3.11. The third-order valence-corrected chi connectivity index (χ3v) is 4.61. The van der Waals surface area contributed by atoms with Gasteiger partial charge in [-0.3, -0.25) is 9.59 Å². The maximum absolute atomic E-state index is 13.2. The Morgan fingerprint density at radius 3 is 2.36 bits per heavy atom. The van der Waals surface area contributed by atoms with Crippen molar-refractivity contribution < 1.29 is 18.4 Å². The predicted molar refractivity (Wildman–Crippen MR) is 91.7 cm³/mol. The van der Waals surface area contributed by atoms with E-state index in [2.05, 4.69) is 5.32 Å². The van der Waals surface area contributed by atoms with Crippen molar-refractivity contribution in [3.63, 3.8) is 0 Å². The molecule has 0 fully saturated rings. The molecule has 1 aromatic heterocycles. The molecule has 6 heteroatoms. The standard InChI is InChI=1S/C19H13F2NO2S/c20-15-8-6-13(10-16(15)21)19(24)22-11-14-7-9-17(25-14)18(23)12-4-2-1-3-5-12/h1-10H,11H2,(H,22,24). The fourth-order valence-corrected chi connectivity index (χ4v) is 3.14. The summed E-state index contributed by atoms with van der Waals surface area (Å²) >= 11 is 1.28. The van der Waals surface area contributed by atoms with Crippen molar-refractivity contribution >= 4 is 23.0 Å². The van der Waals surface area contributed by atoms with Gasteiger partial charge in [0.05, 0.1) is 11.4 Å². The average molecular weight is 357 g/mol. The van der Waals surface area contributed by atoms with Crippen LogP contribution in [-0.4, -0.2) is 11.7 Å². The number of rotatable bonds is 5. The Balaban J connectivity index is 1.64. The first kappa shape index (κ1) is 17.0. The Morgan fingerprint density at radius 1 is 0.880 bits per heavy atom. The molecule has 3 rings (SSSR count). The van der Waals surface area contributed by atoms with Gasteiger partial charge in [0.15, 0.2) is 11.6 Å². The zero-order valence-electron chi connectivity index (χ0n) is 13.0. The lowest BCUT2D eigenvalue weighted by Crippen LogP contribution is -2.22. The zero-order valence-corrected chi connectivity index (χ0v) is 13.8. The van der Waals surface area contributed by atoms with Crippen molar-refractivity contribution in [3.05, 3.63) is 93.2 Å². The SMILES string of the molecule is O=C(NCc1ccc(C(=O)c2ccccc2)s1)c1ccc(F)c(F)c1. The number of carbonyl (C=O) groups is 2. The highest BCUT2D eigenvalue weighted by molar-refractivity contribution is 7.14. The van der Waals surface area contributed by atoms with Crippen LogP contribution in [0.25, 0.3) is 0 Å². The van der Waals surface area contributed by atoms with E-state index in [1.807, 2.05) is 6.07 Å². The van der Waals surface area contributed by atoms with Gasteiger partial charge in [-0.1, -0.05) is 30.3 Å². The molecule has 0 unspecified atom stereocenters.